The van der Waals surface area contributed by atoms with E-state index >= 15 is 0 Å². The number of carbonyl (C=O) groups is 2. The number of ether oxygens (including phenoxy) is 1. The highest BCUT2D eigenvalue weighted by Gasteiger charge is 2.54. The van der Waals surface area contributed by atoms with E-state index in [1.165, 1.54) is 4.68 Å². The molecule has 1 saturated carbocycles. The molecule has 154 valence electrons. The monoisotopic (exact) mass is 390 g/mol. The molecule has 8 heteroatoms. The topological polar surface area (TPSA) is 96.7 Å². The molecule has 1 aromatic rings. The molecule has 2 N–H and O–H groups in total. The van der Waals surface area contributed by atoms with Crippen molar-refractivity contribution in [2.45, 2.75) is 62.7 Å². The second-order valence-electron chi connectivity index (χ2n) is 8.73. The van der Waals surface area contributed by atoms with Crippen LogP contribution in [0.5, 0.6) is 0 Å². The molecule has 1 spiro atoms. The fraction of sp³-hybridized carbons (Fsp3) is 0.750. The molecular formula is C20H30N4O4. The summed E-state index contributed by atoms with van der Waals surface area (Å²) in [5.74, 6) is 0.185. The lowest BCUT2D eigenvalue weighted by Gasteiger charge is -2.53. The Morgan fingerprint density at radius 2 is 2.00 bits per heavy atom. The molecule has 0 unspecified atom stereocenters. The third kappa shape index (κ3) is 3.22. The first-order valence-corrected chi connectivity index (χ1v) is 10.3. The fourth-order valence-corrected chi connectivity index (χ4v) is 4.75. The maximum absolute atomic E-state index is 12.7. The van der Waals surface area contributed by atoms with Crippen LogP contribution in [-0.2, 0) is 16.6 Å². The Bertz CT molecular complexity index is 751. The second kappa shape index (κ2) is 7.15. The van der Waals surface area contributed by atoms with Crippen molar-refractivity contribution in [3.8, 4) is 0 Å². The lowest BCUT2D eigenvalue weighted by Crippen LogP contribution is -2.69. The molecule has 2 saturated heterocycles. The predicted octanol–water partition coefficient (Wildman–Crippen LogP) is 0.851. The van der Waals surface area contributed by atoms with Crippen molar-refractivity contribution in [2.24, 2.45) is 13.0 Å². The van der Waals surface area contributed by atoms with Crippen molar-refractivity contribution in [2.75, 3.05) is 19.7 Å². The summed E-state index contributed by atoms with van der Waals surface area (Å²) in [4.78, 5) is 27.1. The van der Waals surface area contributed by atoms with E-state index in [-0.39, 0.29) is 17.7 Å². The van der Waals surface area contributed by atoms with Gasteiger partial charge in [-0.2, -0.15) is 5.10 Å². The molecule has 8 nitrogen and oxygen atoms in total. The van der Waals surface area contributed by atoms with Crippen LogP contribution in [0.4, 0.5) is 0 Å². The van der Waals surface area contributed by atoms with E-state index in [1.54, 1.807) is 19.3 Å². The summed E-state index contributed by atoms with van der Waals surface area (Å²) in [5, 5.41) is 18.3. The number of hydrogen-bond donors (Lipinski definition) is 2. The predicted molar refractivity (Wildman–Crippen MR) is 102 cm³/mol. The molecule has 4 rings (SSSR count). The number of nitrogens with zero attached hydrogens (tertiary/aromatic N) is 3. The van der Waals surface area contributed by atoms with Gasteiger partial charge in [-0.25, -0.2) is 0 Å². The van der Waals surface area contributed by atoms with Crippen molar-refractivity contribution in [1.82, 2.24) is 20.0 Å². The van der Waals surface area contributed by atoms with Gasteiger partial charge in [-0.3, -0.25) is 14.3 Å². The summed E-state index contributed by atoms with van der Waals surface area (Å²) in [6.07, 6.45) is 5.58. The SMILES string of the molecule is Cn1nccc1C(=O)N[C@@]1(C)CCOC2(CCN(C(=O)C3CCC3)CC2)[C@@H]1O. The number of aryl methyl sites for hydroxylation is 1. The van der Waals surface area contributed by atoms with Crippen LogP contribution in [0.3, 0.4) is 0 Å². The number of aliphatic hydroxyl groups excluding tert-OH is 1. The fourth-order valence-electron chi connectivity index (χ4n) is 4.75. The zero-order valence-electron chi connectivity index (χ0n) is 16.7. The van der Waals surface area contributed by atoms with Crippen LogP contribution < -0.4 is 5.32 Å². The van der Waals surface area contributed by atoms with E-state index in [2.05, 4.69) is 10.4 Å². The third-order valence-electron chi connectivity index (χ3n) is 6.94. The third-order valence-corrected chi connectivity index (χ3v) is 6.94. The van der Waals surface area contributed by atoms with Crippen LogP contribution >= 0.6 is 0 Å². The smallest absolute Gasteiger partial charge is 0.270 e. The average molecular weight is 390 g/mol. The number of nitrogens with one attached hydrogen (secondary N) is 1. The molecule has 3 heterocycles. The first kappa shape index (κ1) is 19.4. The summed E-state index contributed by atoms with van der Waals surface area (Å²) in [6, 6.07) is 1.66. The summed E-state index contributed by atoms with van der Waals surface area (Å²) in [6.45, 7) is 3.54. The molecule has 1 aromatic heterocycles. The standard InChI is InChI=1S/C20H30N4O4/c1-19(22-16(25)15-6-10-21-23(15)2)9-13-28-20(18(19)27)7-11-24(12-8-20)17(26)14-4-3-5-14/h6,10,14,18,27H,3-5,7-9,11-13H2,1-2H3,(H,22,25)/t18-,19+/m1/s1. The van der Waals surface area contributed by atoms with Gasteiger partial charge < -0.3 is 20.1 Å². The first-order chi connectivity index (χ1) is 13.3. The lowest BCUT2D eigenvalue weighted by molar-refractivity contribution is -0.206. The zero-order valence-corrected chi connectivity index (χ0v) is 16.7. The Balaban J connectivity index is 1.44. The molecule has 0 radical (unpaired) electrons. The molecule has 2 amide bonds. The van der Waals surface area contributed by atoms with Crippen molar-refractivity contribution >= 4 is 11.8 Å². The van der Waals surface area contributed by atoms with Crippen LogP contribution in [-0.4, -0.2) is 68.5 Å². The Morgan fingerprint density at radius 1 is 1.29 bits per heavy atom. The lowest BCUT2D eigenvalue weighted by atomic mass is 9.72. The van der Waals surface area contributed by atoms with Crippen molar-refractivity contribution in [3.63, 3.8) is 0 Å². The van der Waals surface area contributed by atoms with Gasteiger partial charge in [-0.05, 0) is 45.1 Å². The van der Waals surface area contributed by atoms with E-state index < -0.39 is 17.2 Å². The number of aromatic nitrogens is 2. The van der Waals surface area contributed by atoms with Gasteiger partial charge in [0.15, 0.2) is 0 Å². The van der Waals surface area contributed by atoms with Gasteiger partial charge in [0.1, 0.15) is 11.8 Å². The second-order valence-corrected chi connectivity index (χ2v) is 8.73. The zero-order chi connectivity index (χ0) is 19.9. The molecule has 2 atom stereocenters. The Hall–Kier alpha value is -1.93. The number of hydrogen-bond acceptors (Lipinski definition) is 5. The first-order valence-electron chi connectivity index (χ1n) is 10.3. The Labute approximate surface area is 165 Å². The highest BCUT2D eigenvalue weighted by Crippen LogP contribution is 2.41. The molecule has 28 heavy (non-hydrogen) atoms. The minimum atomic E-state index is -0.841. The van der Waals surface area contributed by atoms with Gasteiger partial charge in [0.25, 0.3) is 5.91 Å². The molecular weight excluding hydrogens is 360 g/mol. The van der Waals surface area contributed by atoms with Gasteiger partial charge in [0.2, 0.25) is 5.91 Å². The largest absolute Gasteiger partial charge is 0.388 e. The molecule has 3 aliphatic rings. The van der Waals surface area contributed by atoms with E-state index in [9.17, 15) is 14.7 Å². The van der Waals surface area contributed by atoms with E-state index in [0.717, 1.165) is 19.3 Å². The van der Waals surface area contributed by atoms with E-state index in [4.69, 9.17) is 4.74 Å². The van der Waals surface area contributed by atoms with Gasteiger partial charge in [-0.1, -0.05) is 6.42 Å². The molecule has 1 aliphatic carbocycles. The van der Waals surface area contributed by atoms with Crippen molar-refractivity contribution in [3.05, 3.63) is 18.0 Å². The average Bonchev–Trinajstić information content (AvgIpc) is 3.05. The van der Waals surface area contributed by atoms with Gasteiger partial charge in [0.05, 0.1) is 11.1 Å². The van der Waals surface area contributed by atoms with Crippen LogP contribution in [0.25, 0.3) is 0 Å². The summed E-state index contributed by atoms with van der Waals surface area (Å²) in [5.41, 5.74) is -1.06. The van der Waals surface area contributed by atoms with Crippen LogP contribution in [0, 0.1) is 5.92 Å². The van der Waals surface area contributed by atoms with Crippen LogP contribution in [0.15, 0.2) is 12.3 Å². The number of amides is 2. The Kier molecular flexibility index (Phi) is 4.95. The number of likely N-dealkylation sites (tertiary alicyclic amines) is 1. The van der Waals surface area contributed by atoms with Gasteiger partial charge >= 0.3 is 0 Å². The minimum absolute atomic E-state index is 0.190. The quantitative estimate of drug-likeness (QED) is 0.798. The maximum atomic E-state index is 12.7. The van der Waals surface area contributed by atoms with Gasteiger partial charge in [0, 0.05) is 38.9 Å². The highest BCUT2D eigenvalue weighted by molar-refractivity contribution is 5.93. The van der Waals surface area contributed by atoms with Crippen molar-refractivity contribution in [1.29, 1.82) is 0 Å². The molecule has 3 fully saturated rings. The molecule has 2 aliphatic heterocycles. The number of aliphatic hydroxyl groups is 1. The maximum Gasteiger partial charge on any atom is 0.270 e. The van der Waals surface area contributed by atoms with Crippen LogP contribution in [0.2, 0.25) is 0 Å². The van der Waals surface area contributed by atoms with Crippen molar-refractivity contribution < 1.29 is 19.4 Å². The number of piperidine rings is 1. The molecule has 0 bridgehead atoms. The molecule has 0 aromatic carbocycles. The van der Waals surface area contributed by atoms with E-state index in [1.807, 2.05) is 11.8 Å². The normalized spacial score (nSPS) is 30.1. The summed E-state index contributed by atoms with van der Waals surface area (Å²) in [7, 11) is 1.72. The minimum Gasteiger partial charge on any atom is -0.388 e. The van der Waals surface area contributed by atoms with Gasteiger partial charge in [-0.15, -0.1) is 0 Å². The van der Waals surface area contributed by atoms with E-state index in [0.29, 0.717) is 44.7 Å². The highest BCUT2D eigenvalue weighted by atomic mass is 16.5. The summed E-state index contributed by atoms with van der Waals surface area (Å²) < 4.78 is 7.60. The number of rotatable bonds is 3. The Morgan fingerprint density at radius 3 is 2.57 bits per heavy atom. The number of carbonyl (C=O) groups excluding carboxylic acids is 2. The summed E-state index contributed by atoms with van der Waals surface area (Å²) >= 11 is 0. The van der Waals surface area contributed by atoms with Crippen LogP contribution in [0.1, 0.15) is 55.9 Å².